The Morgan fingerprint density at radius 3 is 2.70 bits per heavy atom. The Balaban J connectivity index is 1.39. The lowest BCUT2D eigenvalue weighted by molar-refractivity contribution is -0.127. The van der Waals surface area contributed by atoms with Crippen molar-refractivity contribution in [2.45, 2.75) is 57.1 Å². The van der Waals surface area contributed by atoms with Gasteiger partial charge in [0.15, 0.2) is 0 Å². The van der Waals surface area contributed by atoms with Gasteiger partial charge >= 0.3 is 0 Å². The van der Waals surface area contributed by atoms with Gasteiger partial charge < -0.3 is 10.4 Å². The van der Waals surface area contributed by atoms with E-state index in [1.54, 1.807) is 0 Å². The number of aliphatic hydroxyl groups is 1. The minimum atomic E-state index is -0.758. The van der Waals surface area contributed by atoms with Crippen LogP contribution in [-0.2, 0) is 17.8 Å². The molecule has 4 heteroatoms. The average molecular weight is 316 g/mol. The third kappa shape index (κ3) is 4.55. The fraction of sp³-hybridized carbons (Fsp3) is 0.632. The van der Waals surface area contributed by atoms with Gasteiger partial charge in [0.1, 0.15) is 0 Å². The number of fused-ring (bicyclic) bond motifs is 1. The predicted octanol–water partition coefficient (Wildman–Crippen LogP) is 2.25. The number of amides is 1. The van der Waals surface area contributed by atoms with Gasteiger partial charge in [-0.2, -0.15) is 0 Å². The number of rotatable bonds is 5. The van der Waals surface area contributed by atoms with Crippen molar-refractivity contribution in [1.82, 2.24) is 10.2 Å². The number of nitrogens with one attached hydrogen (secondary N) is 1. The minimum Gasteiger partial charge on any atom is -0.389 e. The van der Waals surface area contributed by atoms with Crippen molar-refractivity contribution in [3.8, 4) is 0 Å². The summed E-state index contributed by atoms with van der Waals surface area (Å²) >= 11 is 0. The fourth-order valence-electron chi connectivity index (χ4n) is 3.85. The lowest BCUT2D eigenvalue weighted by Crippen LogP contribution is -2.41. The highest BCUT2D eigenvalue weighted by atomic mass is 16.3. The molecule has 23 heavy (non-hydrogen) atoms. The van der Waals surface area contributed by atoms with Gasteiger partial charge in [-0.25, -0.2) is 0 Å². The third-order valence-electron chi connectivity index (χ3n) is 5.23. The van der Waals surface area contributed by atoms with Gasteiger partial charge in [0.25, 0.3) is 0 Å². The first kappa shape index (κ1) is 16.5. The molecule has 1 saturated carbocycles. The molecule has 1 aromatic rings. The first-order chi connectivity index (χ1) is 11.1. The summed E-state index contributed by atoms with van der Waals surface area (Å²) in [5, 5.41) is 13.4. The number of carbonyl (C=O) groups excluding carboxylic acids is 1. The Morgan fingerprint density at radius 2 is 1.91 bits per heavy atom. The largest absolute Gasteiger partial charge is 0.389 e. The highest BCUT2D eigenvalue weighted by molar-refractivity contribution is 5.77. The highest BCUT2D eigenvalue weighted by Crippen LogP contribution is 2.30. The second-order valence-electron chi connectivity index (χ2n) is 7.11. The Morgan fingerprint density at radius 1 is 1.17 bits per heavy atom. The van der Waals surface area contributed by atoms with E-state index in [9.17, 15) is 9.90 Å². The van der Waals surface area contributed by atoms with E-state index in [0.29, 0.717) is 6.54 Å². The number of hydrogen-bond acceptors (Lipinski definition) is 3. The van der Waals surface area contributed by atoms with E-state index in [1.165, 1.54) is 17.5 Å². The van der Waals surface area contributed by atoms with E-state index in [-0.39, 0.29) is 12.3 Å². The van der Waals surface area contributed by atoms with Gasteiger partial charge in [0.05, 0.1) is 12.0 Å². The molecule has 0 atom stereocenters. The molecule has 2 aliphatic rings. The molecule has 1 aliphatic heterocycles. The standard InChI is InChI=1S/C19H28N2O2/c22-18(14-19(23)9-4-1-5-10-19)20-11-13-21-12-8-16-6-2-3-7-17(16)15-21/h2-3,6-7,23H,1,4-5,8-15H2,(H,20,22). The van der Waals surface area contributed by atoms with Crippen LogP contribution in [0.4, 0.5) is 0 Å². The molecule has 0 unspecified atom stereocenters. The molecule has 2 N–H and O–H groups in total. The molecule has 0 radical (unpaired) electrons. The molecule has 4 nitrogen and oxygen atoms in total. The Bertz CT molecular complexity index is 538. The smallest absolute Gasteiger partial charge is 0.222 e. The highest BCUT2D eigenvalue weighted by Gasteiger charge is 2.31. The minimum absolute atomic E-state index is 0.00758. The third-order valence-corrected chi connectivity index (χ3v) is 5.23. The maximum absolute atomic E-state index is 12.1. The molecule has 1 amide bonds. The van der Waals surface area contributed by atoms with Gasteiger partial charge in [0.2, 0.25) is 5.91 Å². The summed E-state index contributed by atoms with van der Waals surface area (Å²) in [6, 6.07) is 8.59. The zero-order chi connectivity index (χ0) is 16.1. The second kappa shape index (κ2) is 7.45. The van der Waals surface area contributed by atoms with Gasteiger partial charge in [-0.3, -0.25) is 9.69 Å². The molecule has 126 valence electrons. The molecule has 0 spiro atoms. The predicted molar refractivity (Wildman–Crippen MR) is 91.1 cm³/mol. The average Bonchev–Trinajstić information content (AvgIpc) is 2.55. The van der Waals surface area contributed by atoms with Crippen LogP contribution in [0.2, 0.25) is 0 Å². The lowest BCUT2D eigenvalue weighted by atomic mass is 9.82. The van der Waals surface area contributed by atoms with Crippen molar-refractivity contribution in [3.05, 3.63) is 35.4 Å². The number of hydrogen-bond donors (Lipinski definition) is 2. The molecule has 1 aromatic carbocycles. The molecule has 0 aromatic heterocycles. The van der Waals surface area contributed by atoms with E-state index < -0.39 is 5.60 Å². The summed E-state index contributed by atoms with van der Waals surface area (Å²) in [4.78, 5) is 14.5. The van der Waals surface area contributed by atoms with E-state index in [4.69, 9.17) is 0 Å². The maximum atomic E-state index is 12.1. The van der Waals surface area contributed by atoms with Gasteiger partial charge in [0, 0.05) is 26.2 Å². The summed E-state index contributed by atoms with van der Waals surface area (Å²) in [7, 11) is 0. The Hall–Kier alpha value is -1.39. The van der Waals surface area contributed by atoms with Gasteiger partial charge in [-0.05, 0) is 30.4 Å². The van der Waals surface area contributed by atoms with Crippen LogP contribution in [0.5, 0.6) is 0 Å². The van der Waals surface area contributed by atoms with Crippen LogP contribution >= 0.6 is 0 Å². The topological polar surface area (TPSA) is 52.6 Å². The zero-order valence-corrected chi connectivity index (χ0v) is 13.9. The van der Waals surface area contributed by atoms with Crippen molar-refractivity contribution in [2.24, 2.45) is 0 Å². The first-order valence-electron chi connectivity index (χ1n) is 8.93. The summed E-state index contributed by atoms with van der Waals surface area (Å²) < 4.78 is 0. The normalized spacial score (nSPS) is 20.7. The maximum Gasteiger partial charge on any atom is 0.222 e. The van der Waals surface area contributed by atoms with Crippen LogP contribution < -0.4 is 5.32 Å². The van der Waals surface area contributed by atoms with Crippen LogP contribution in [0.15, 0.2) is 24.3 Å². The molecular weight excluding hydrogens is 288 g/mol. The van der Waals surface area contributed by atoms with Gasteiger partial charge in [-0.15, -0.1) is 0 Å². The fourth-order valence-corrected chi connectivity index (χ4v) is 3.85. The van der Waals surface area contributed by atoms with E-state index >= 15 is 0 Å². The van der Waals surface area contributed by atoms with Crippen LogP contribution in [0.1, 0.15) is 49.7 Å². The molecule has 1 aliphatic carbocycles. The van der Waals surface area contributed by atoms with E-state index in [0.717, 1.165) is 51.7 Å². The molecular formula is C19H28N2O2. The monoisotopic (exact) mass is 316 g/mol. The SMILES string of the molecule is O=C(CC1(O)CCCCC1)NCCN1CCc2ccccc2C1. The van der Waals surface area contributed by atoms with Crippen molar-refractivity contribution in [2.75, 3.05) is 19.6 Å². The van der Waals surface area contributed by atoms with Crippen LogP contribution in [0, 0.1) is 0 Å². The molecule has 1 heterocycles. The van der Waals surface area contributed by atoms with E-state index in [2.05, 4.69) is 34.5 Å². The number of carbonyl (C=O) groups is 1. The summed E-state index contributed by atoms with van der Waals surface area (Å²) in [5.41, 5.74) is 2.10. The summed E-state index contributed by atoms with van der Waals surface area (Å²) in [6.07, 6.45) is 6.14. The molecule has 0 saturated heterocycles. The summed E-state index contributed by atoms with van der Waals surface area (Å²) in [5.74, 6) is -0.00758. The van der Waals surface area contributed by atoms with Crippen molar-refractivity contribution in [1.29, 1.82) is 0 Å². The van der Waals surface area contributed by atoms with Crippen LogP contribution in [0.25, 0.3) is 0 Å². The lowest BCUT2D eigenvalue weighted by Gasteiger charge is -2.32. The van der Waals surface area contributed by atoms with Crippen LogP contribution in [-0.4, -0.2) is 41.1 Å². The van der Waals surface area contributed by atoms with Crippen LogP contribution in [0.3, 0.4) is 0 Å². The van der Waals surface area contributed by atoms with Crippen molar-refractivity contribution >= 4 is 5.91 Å². The second-order valence-corrected chi connectivity index (χ2v) is 7.11. The zero-order valence-electron chi connectivity index (χ0n) is 13.9. The first-order valence-corrected chi connectivity index (χ1v) is 8.93. The van der Waals surface area contributed by atoms with E-state index in [1.807, 2.05) is 0 Å². The number of benzene rings is 1. The molecule has 3 rings (SSSR count). The Labute approximate surface area is 138 Å². The number of nitrogens with zero attached hydrogens (tertiary/aromatic N) is 1. The molecule has 0 bridgehead atoms. The van der Waals surface area contributed by atoms with Gasteiger partial charge in [-0.1, -0.05) is 43.5 Å². The summed E-state index contributed by atoms with van der Waals surface area (Å²) in [6.45, 7) is 3.56. The quantitative estimate of drug-likeness (QED) is 0.876. The van der Waals surface area contributed by atoms with Crippen molar-refractivity contribution < 1.29 is 9.90 Å². The Kier molecular flexibility index (Phi) is 5.34. The van der Waals surface area contributed by atoms with Crippen molar-refractivity contribution in [3.63, 3.8) is 0 Å². The molecule has 1 fully saturated rings.